The van der Waals surface area contributed by atoms with Crippen LogP contribution >= 0.6 is 24.0 Å². The summed E-state index contributed by atoms with van der Waals surface area (Å²) in [4.78, 5) is 8.48. The SMILES string of the molecule is CN=C(NCc1ncnn1C)NCC1(c2ccccc2)CC1.I. The molecule has 0 atom stereocenters. The fourth-order valence-electron chi connectivity index (χ4n) is 2.63. The van der Waals surface area contributed by atoms with Gasteiger partial charge >= 0.3 is 0 Å². The van der Waals surface area contributed by atoms with Gasteiger partial charge in [-0.1, -0.05) is 30.3 Å². The Kier molecular flexibility index (Phi) is 5.97. The van der Waals surface area contributed by atoms with E-state index in [2.05, 4.69) is 56.0 Å². The molecule has 0 saturated heterocycles. The van der Waals surface area contributed by atoms with Crippen molar-refractivity contribution in [3.05, 3.63) is 48.0 Å². The number of aryl methyl sites for hydroxylation is 1. The number of nitrogens with zero attached hydrogens (tertiary/aromatic N) is 4. The molecule has 0 amide bonds. The minimum absolute atomic E-state index is 0. The van der Waals surface area contributed by atoms with Crippen LogP contribution in [-0.4, -0.2) is 34.3 Å². The van der Waals surface area contributed by atoms with E-state index in [-0.39, 0.29) is 29.4 Å². The van der Waals surface area contributed by atoms with E-state index < -0.39 is 0 Å². The van der Waals surface area contributed by atoms with Crippen LogP contribution in [0.15, 0.2) is 41.7 Å². The molecule has 1 aliphatic carbocycles. The first-order chi connectivity index (χ1) is 10.7. The number of guanidine groups is 1. The van der Waals surface area contributed by atoms with Crippen LogP contribution < -0.4 is 10.6 Å². The third-order valence-electron chi connectivity index (χ3n) is 4.28. The Balaban J connectivity index is 0.00000192. The first-order valence-electron chi connectivity index (χ1n) is 7.56. The molecule has 1 fully saturated rings. The van der Waals surface area contributed by atoms with Gasteiger partial charge in [-0.05, 0) is 18.4 Å². The monoisotopic (exact) mass is 426 g/mol. The second-order valence-electron chi connectivity index (χ2n) is 5.73. The lowest BCUT2D eigenvalue weighted by atomic mass is 9.96. The molecular formula is C16H23IN6. The van der Waals surface area contributed by atoms with Gasteiger partial charge in [0.1, 0.15) is 12.2 Å². The smallest absolute Gasteiger partial charge is 0.191 e. The molecule has 0 radical (unpaired) electrons. The Labute approximate surface area is 153 Å². The van der Waals surface area contributed by atoms with E-state index in [1.54, 1.807) is 18.1 Å². The van der Waals surface area contributed by atoms with Gasteiger partial charge < -0.3 is 10.6 Å². The summed E-state index contributed by atoms with van der Waals surface area (Å²) in [5.41, 5.74) is 1.68. The highest BCUT2D eigenvalue weighted by Crippen LogP contribution is 2.47. The first-order valence-corrected chi connectivity index (χ1v) is 7.56. The molecule has 0 aliphatic heterocycles. The Morgan fingerprint density at radius 2 is 2.00 bits per heavy atom. The van der Waals surface area contributed by atoms with E-state index in [9.17, 15) is 0 Å². The normalized spacial score (nSPS) is 15.7. The van der Waals surface area contributed by atoms with Crippen LogP contribution in [-0.2, 0) is 19.0 Å². The van der Waals surface area contributed by atoms with E-state index >= 15 is 0 Å². The van der Waals surface area contributed by atoms with Gasteiger partial charge in [0.25, 0.3) is 0 Å². The van der Waals surface area contributed by atoms with Crippen molar-refractivity contribution < 1.29 is 0 Å². The molecule has 2 aromatic rings. The number of aromatic nitrogens is 3. The van der Waals surface area contributed by atoms with Crippen molar-refractivity contribution in [3.63, 3.8) is 0 Å². The summed E-state index contributed by atoms with van der Waals surface area (Å²) < 4.78 is 1.76. The van der Waals surface area contributed by atoms with Crippen LogP contribution in [0.3, 0.4) is 0 Å². The van der Waals surface area contributed by atoms with Crippen LogP contribution in [0.4, 0.5) is 0 Å². The zero-order valence-corrected chi connectivity index (χ0v) is 15.8. The molecule has 0 spiro atoms. The largest absolute Gasteiger partial charge is 0.356 e. The van der Waals surface area contributed by atoms with E-state index in [0.29, 0.717) is 6.54 Å². The van der Waals surface area contributed by atoms with Crippen LogP contribution in [0.1, 0.15) is 24.2 Å². The number of rotatable bonds is 5. The van der Waals surface area contributed by atoms with Crippen molar-refractivity contribution in [1.29, 1.82) is 0 Å². The summed E-state index contributed by atoms with van der Waals surface area (Å²) in [5, 5.41) is 10.8. The highest BCUT2D eigenvalue weighted by Gasteiger charge is 2.43. The summed E-state index contributed by atoms with van der Waals surface area (Å²) in [6.07, 6.45) is 4.01. The molecule has 23 heavy (non-hydrogen) atoms. The summed E-state index contributed by atoms with van der Waals surface area (Å²) in [6, 6.07) is 10.7. The third-order valence-corrected chi connectivity index (χ3v) is 4.28. The zero-order chi connectivity index (χ0) is 15.4. The molecule has 1 saturated carbocycles. The predicted molar refractivity (Wildman–Crippen MR) is 102 cm³/mol. The van der Waals surface area contributed by atoms with Crippen molar-refractivity contribution in [1.82, 2.24) is 25.4 Å². The van der Waals surface area contributed by atoms with Crippen molar-refractivity contribution in [2.75, 3.05) is 13.6 Å². The first kappa shape index (κ1) is 17.7. The highest BCUT2D eigenvalue weighted by molar-refractivity contribution is 14.0. The molecule has 1 aromatic carbocycles. The van der Waals surface area contributed by atoms with Crippen LogP contribution in [0, 0.1) is 0 Å². The molecule has 0 bridgehead atoms. The van der Waals surface area contributed by atoms with Gasteiger partial charge in [0.2, 0.25) is 0 Å². The summed E-state index contributed by atoms with van der Waals surface area (Å²) in [7, 11) is 3.67. The maximum absolute atomic E-state index is 4.28. The second kappa shape index (κ2) is 7.76. The molecule has 1 heterocycles. The van der Waals surface area contributed by atoms with E-state index in [1.807, 2.05) is 7.05 Å². The number of aliphatic imine (C=N–C) groups is 1. The zero-order valence-electron chi connectivity index (χ0n) is 13.5. The lowest BCUT2D eigenvalue weighted by Gasteiger charge is -2.19. The van der Waals surface area contributed by atoms with Crippen LogP contribution in [0.2, 0.25) is 0 Å². The number of benzene rings is 1. The van der Waals surface area contributed by atoms with Crippen LogP contribution in [0.5, 0.6) is 0 Å². The van der Waals surface area contributed by atoms with E-state index in [4.69, 9.17) is 0 Å². The van der Waals surface area contributed by atoms with Crippen molar-refractivity contribution in [2.45, 2.75) is 24.8 Å². The Morgan fingerprint density at radius 1 is 1.26 bits per heavy atom. The average Bonchev–Trinajstić information content (AvgIpc) is 3.25. The maximum Gasteiger partial charge on any atom is 0.191 e. The molecule has 6 nitrogen and oxygen atoms in total. The lowest BCUT2D eigenvalue weighted by molar-refractivity contribution is 0.634. The fraction of sp³-hybridized carbons (Fsp3) is 0.438. The Morgan fingerprint density at radius 3 is 2.57 bits per heavy atom. The van der Waals surface area contributed by atoms with Gasteiger partial charge in [0.15, 0.2) is 5.96 Å². The second-order valence-corrected chi connectivity index (χ2v) is 5.73. The van der Waals surface area contributed by atoms with Gasteiger partial charge in [-0.15, -0.1) is 24.0 Å². The summed E-state index contributed by atoms with van der Waals surface area (Å²) in [5.74, 6) is 1.68. The van der Waals surface area contributed by atoms with Crippen molar-refractivity contribution in [2.24, 2.45) is 12.0 Å². The topological polar surface area (TPSA) is 67.1 Å². The molecule has 0 unspecified atom stereocenters. The molecule has 1 aromatic heterocycles. The standard InChI is InChI=1S/C16H22N6.HI/c1-17-15(18-10-14-20-12-21-22(14)2)19-11-16(8-9-16)13-6-4-3-5-7-13;/h3-7,12H,8-11H2,1-2H3,(H2,17,18,19);1H. The quantitative estimate of drug-likeness (QED) is 0.435. The van der Waals surface area contributed by atoms with Crippen molar-refractivity contribution in [3.8, 4) is 0 Å². The summed E-state index contributed by atoms with van der Waals surface area (Å²) in [6.45, 7) is 1.50. The summed E-state index contributed by atoms with van der Waals surface area (Å²) >= 11 is 0. The minimum atomic E-state index is 0. The molecule has 124 valence electrons. The maximum atomic E-state index is 4.28. The fourth-order valence-corrected chi connectivity index (χ4v) is 2.63. The number of nitrogens with one attached hydrogen (secondary N) is 2. The average molecular weight is 426 g/mol. The molecule has 1 aliphatic rings. The van der Waals surface area contributed by atoms with Gasteiger partial charge in [-0.3, -0.25) is 9.67 Å². The molecule has 7 heteroatoms. The number of halogens is 1. The minimum Gasteiger partial charge on any atom is -0.356 e. The van der Waals surface area contributed by atoms with E-state index in [0.717, 1.165) is 18.3 Å². The Bertz CT molecular complexity index is 648. The number of hydrogen-bond acceptors (Lipinski definition) is 3. The number of hydrogen-bond donors (Lipinski definition) is 2. The Hall–Kier alpha value is -1.64. The molecule has 3 rings (SSSR count). The molecular weight excluding hydrogens is 403 g/mol. The highest BCUT2D eigenvalue weighted by atomic mass is 127. The van der Waals surface area contributed by atoms with Gasteiger partial charge in [0, 0.05) is 26.1 Å². The van der Waals surface area contributed by atoms with Gasteiger partial charge in [0.05, 0.1) is 6.54 Å². The van der Waals surface area contributed by atoms with Gasteiger partial charge in [-0.25, -0.2) is 4.98 Å². The predicted octanol–water partition coefficient (Wildman–Crippen LogP) is 1.83. The van der Waals surface area contributed by atoms with Gasteiger partial charge in [-0.2, -0.15) is 5.10 Å². The van der Waals surface area contributed by atoms with E-state index in [1.165, 1.54) is 18.4 Å². The third kappa shape index (κ3) is 4.21. The molecule has 2 N–H and O–H groups in total. The van der Waals surface area contributed by atoms with Crippen molar-refractivity contribution >= 4 is 29.9 Å². The lowest BCUT2D eigenvalue weighted by Crippen LogP contribution is -2.41. The van der Waals surface area contributed by atoms with Crippen LogP contribution in [0.25, 0.3) is 0 Å².